The van der Waals surface area contributed by atoms with Crippen LogP contribution >= 0.6 is 11.3 Å². The molecule has 1 fully saturated rings. The zero-order valence-corrected chi connectivity index (χ0v) is 10.7. The summed E-state index contributed by atoms with van der Waals surface area (Å²) in [5.41, 5.74) is 1.35. The van der Waals surface area contributed by atoms with Gasteiger partial charge in [0.1, 0.15) is 5.01 Å². The molecule has 1 aliphatic carbocycles. The summed E-state index contributed by atoms with van der Waals surface area (Å²) in [6.45, 7) is 6.53. The van der Waals surface area contributed by atoms with Crippen molar-refractivity contribution in [3.05, 3.63) is 16.1 Å². The molecule has 0 atom stereocenters. The van der Waals surface area contributed by atoms with Gasteiger partial charge < -0.3 is 5.32 Å². The molecular formula is C12H20N2S. The van der Waals surface area contributed by atoms with E-state index in [-0.39, 0.29) is 5.54 Å². The van der Waals surface area contributed by atoms with Gasteiger partial charge in [-0.05, 0) is 33.6 Å². The molecule has 15 heavy (non-hydrogen) atoms. The first kappa shape index (κ1) is 11.1. The second-order valence-electron chi connectivity index (χ2n) is 4.88. The van der Waals surface area contributed by atoms with Crippen LogP contribution in [0.2, 0.25) is 0 Å². The molecule has 0 aromatic carbocycles. The molecule has 0 aliphatic heterocycles. The number of thiazole rings is 1. The third kappa shape index (κ3) is 2.23. The van der Waals surface area contributed by atoms with Crippen molar-refractivity contribution in [1.29, 1.82) is 0 Å². The van der Waals surface area contributed by atoms with E-state index in [0.29, 0.717) is 6.04 Å². The molecule has 0 saturated heterocycles. The monoisotopic (exact) mass is 224 g/mol. The average molecular weight is 224 g/mol. The van der Waals surface area contributed by atoms with Crippen LogP contribution in [0.3, 0.4) is 0 Å². The van der Waals surface area contributed by atoms with Crippen LogP contribution in [0, 0.1) is 6.92 Å². The van der Waals surface area contributed by atoms with Gasteiger partial charge in [-0.2, -0.15) is 0 Å². The molecule has 1 aromatic heterocycles. The van der Waals surface area contributed by atoms with Crippen LogP contribution in [0.15, 0.2) is 5.38 Å². The van der Waals surface area contributed by atoms with E-state index in [1.54, 1.807) is 0 Å². The summed E-state index contributed by atoms with van der Waals surface area (Å²) >= 11 is 1.81. The van der Waals surface area contributed by atoms with Crippen LogP contribution in [0.5, 0.6) is 0 Å². The van der Waals surface area contributed by atoms with Gasteiger partial charge >= 0.3 is 0 Å². The average Bonchev–Trinajstić information content (AvgIpc) is 2.73. The van der Waals surface area contributed by atoms with Crippen molar-refractivity contribution in [3.63, 3.8) is 0 Å². The third-order valence-electron chi connectivity index (χ3n) is 3.05. The molecule has 84 valence electrons. The molecule has 2 nitrogen and oxygen atoms in total. The Morgan fingerprint density at radius 1 is 1.40 bits per heavy atom. The Hall–Kier alpha value is -0.410. The smallest absolute Gasteiger partial charge is 0.113 e. The topological polar surface area (TPSA) is 24.9 Å². The van der Waals surface area contributed by atoms with Crippen molar-refractivity contribution in [1.82, 2.24) is 10.3 Å². The van der Waals surface area contributed by atoms with Gasteiger partial charge in [-0.1, -0.05) is 12.8 Å². The Bertz CT molecular complexity index is 324. The number of aromatic nitrogens is 1. The number of rotatable bonds is 3. The number of nitrogens with zero attached hydrogens (tertiary/aromatic N) is 1. The van der Waals surface area contributed by atoms with E-state index in [1.165, 1.54) is 30.7 Å². The number of nitrogens with one attached hydrogen (secondary N) is 1. The van der Waals surface area contributed by atoms with E-state index >= 15 is 0 Å². The van der Waals surface area contributed by atoms with Gasteiger partial charge in [0, 0.05) is 17.1 Å². The number of hydrogen-bond acceptors (Lipinski definition) is 3. The molecule has 0 spiro atoms. The molecule has 1 N–H and O–H groups in total. The van der Waals surface area contributed by atoms with E-state index in [9.17, 15) is 0 Å². The Labute approximate surface area is 96.1 Å². The van der Waals surface area contributed by atoms with Gasteiger partial charge in [0.2, 0.25) is 0 Å². The van der Waals surface area contributed by atoms with Crippen LogP contribution in [0.1, 0.15) is 50.2 Å². The zero-order valence-electron chi connectivity index (χ0n) is 9.84. The minimum Gasteiger partial charge on any atom is -0.303 e. The summed E-state index contributed by atoms with van der Waals surface area (Å²) in [4.78, 5) is 4.67. The Kier molecular flexibility index (Phi) is 3.12. The molecular weight excluding hydrogens is 204 g/mol. The standard InChI is InChI=1S/C12H20N2S/c1-9(2)14-12(6-4-5-7-12)11-13-10(3)8-15-11/h8-9,14H,4-7H2,1-3H3. The second-order valence-corrected chi connectivity index (χ2v) is 5.74. The van der Waals surface area contributed by atoms with E-state index < -0.39 is 0 Å². The second kappa shape index (κ2) is 4.22. The largest absolute Gasteiger partial charge is 0.303 e. The maximum absolute atomic E-state index is 4.67. The molecule has 1 aromatic rings. The number of aryl methyl sites for hydroxylation is 1. The van der Waals surface area contributed by atoms with Crippen molar-refractivity contribution < 1.29 is 0 Å². The first-order valence-corrected chi connectivity index (χ1v) is 6.71. The molecule has 0 radical (unpaired) electrons. The lowest BCUT2D eigenvalue weighted by molar-refractivity contribution is 0.310. The highest BCUT2D eigenvalue weighted by Crippen LogP contribution is 2.40. The van der Waals surface area contributed by atoms with E-state index in [1.807, 2.05) is 11.3 Å². The fourth-order valence-corrected chi connectivity index (χ4v) is 3.55. The predicted octanol–water partition coefficient (Wildman–Crippen LogP) is 3.22. The predicted molar refractivity (Wildman–Crippen MR) is 65.3 cm³/mol. The summed E-state index contributed by atoms with van der Waals surface area (Å²) in [5, 5.41) is 7.19. The molecule has 2 rings (SSSR count). The van der Waals surface area contributed by atoms with Crippen molar-refractivity contribution in [3.8, 4) is 0 Å². The summed E-state index contributed by atoms with van der Waals surface area (Å²) in [6, 6.07) is 0.535. The maximum Gasteiger partial charge on any atom is 0.113 e. The molecule has 3 heteroatoms. The van der Waals surface area contributed by atoms with Gasteiger partial charge in [0.25, 0.3) is 0 Å². The third-order valence-corrected chi connectivity index (χ3v) is 4.21. The fraction of sp³-hybridized carbons (Fsp3) is 0.750. The Morgan fingerprint density at radius 2 is 2.07 bits per heavy atom. The fourth-order valence-electron chi connectivity index (χ4n) is 2.52. The van der Waals surface area contributed by atoms with Crippen molar-refractivity contribution in [2.75, 3.05) is 0 Å². The van der Waals surface area contributed by atoms with Gasteiger partial charge in [0.05, 0.1) is 5.54 Å². The van der Waals surface area contributed by atoms with Crippen LogP contribution < -0.4 is 5.32 Å². The highest BCUT2D eigenvalue weighted by Gasteiger charge is 2.38. The molecule has 0 unspecified atom stereocenters. The summed E-state index contributed by atoms with van der Waals surface area (Å²) < 4.78 is 0. The van der Waals surface area contributed by atoms with Crippen molar-refractivity contribution >= 4 is 11.3 Å². The van der Waals surface area contributed by atoms with Gasteiger partial charge in [-0.25, -0.2) is 4.98 Å². The van der Waals surface area contributed by atoms with Crippen LogP contribution in [-0.2, 0) is 5.54 Å². The molecule has 0 amide bonds. The lowest BCUT2D eigenvalue weighted by atomic mass is 9.97. The van der Waals surface area contributed by atoms with Gasteiger partial charge in [-0.3, -0.25) is 0 Å². The first-order valence-electron chi connectivity index (χ1n) is 5.83. The summed E-state index contributed by atoms with van der Waals surface area (Å²) in [6.07, 6.45) is 5.16. The molecule has 1 aliphatic rings. The highest BCUT2D eigenvalue weighted by molar-refractivity contribution is 7.09. The molecule has 1 heterocycles. The zero-order chi connectivity index (χ0) is 10.9. The van der Waals surface area contributed by atoms with Gasteiger partial charge in [0.15, 0.2) is 0 Å². The molecule has 0 bridgehead atoms. The maximum atomic E-state index is 4.67. The van der Waals surface area contributed by atoms with Crippen LogP contribution in [-0.4, -0.2) is 11.0 Å². The van der Waals surface area contributed by atoms with Crippen LogP contribution in [0.25, 0.3) is 0 Å². The summed E-state index contributed by atoms with van der Waals surface area (Å²) in [5.74, 6) is 0. The van der Waals surface area contributed by atoms with E-state index in [4.69, 9.17) is 0 Å². The Balaban J connectivity index is 2.26. The van der Waals surface area contributed by atoms with Gasteiger partial charge in [-0.15, -0.1) is 11.3 Å². The first-order chi connectivity index (χ1) is 7.12. The molecule has 1 saturated carbocycles. The number of hydrogen-bond donors (Lipinski definition) is 1. The van der Waals surface area contributed by atoms with Crippen LogP contribution in [0.4, 0.5) is 0 Å². The minimum absolute atomic E-state index is 0.188. The lowest BCUT2D eigenvalue weighted by Gasteiger charge is -2.30. The normalized spacial score (nSPS) is 20.0. The SMILES string of the molecule is Cc1csc(C2(NC(C)C)CCCC2)n1. The van der Waals surface area contributed by atoms with E-state index in [2.05, 4.69) is 36.5 Å². The lowest BCUT2D eigenvalue weighted by Crippen LogP contribution is -2.43. The summed E-state index contributed by atoms with van der Waals surface area (Å²) in [7, 11) is 0. The minimum atomic E-state index is 0.188. The van der Waals surface area contributed by atoms with Crippen molar-refractivity contribution in [2.45, 2.75) is 58.0 Å². The highest BCUT2D eigenvalue weighted by atomic mass is 32.1. The Morgan fingerprint density at radius 3 is 2.53 bits per heavy atom. The quantitative estimate of drug-likeness (QED) is 0.852. The van der Waals surface area contributed by atoms with E-state index in [0.717, 1.165) is 5.69 Å². The van der Waals surface area contributed by atoms with Crippen molar-refractivity contribution in [2.24, 2.45) is 0 Å².